The van der Waals surface area contributed by atoms with E-state index >= 15 is 0 Å². The number of primary amides is 1. The van der Waals surface area contributed by atoms with E-state index < -0.39 is 35.9 Å². The normalized spacial score (nSPS) is 19.8. The Morgan fingerprint density at radius 1 is 1.46 bits per heavy atom. The summed E-state index contributed by atoms with van der Waals surface area (Å²) < 4.78 is 43.7. The number of carbonyl (C=O) groups is 2. The van der Waals surface area contributed by atoms with E-state index in [0.717, 1.165) is 12.1 Å². The van der Waals surface area contributed by atoms with Gasteiger partial charge >= 0.3 is 12.3 Å². The number of amides is 2. The van der Waals surface area contributed by atoms with Crippen molar-refractivity contribution in [1.29, 1.82) is 0 Å². The molecule has 24 heavy (non-hydrogen) atoms. The highest BCUT2D eigenvalue weighted by Gasteiger charge is 2.33. The molecule has 1 saturated heterocycles. The van der Waals surface area contributed by atoms with Gasteiger partial charge in [-0.05, 0) is 31.0 Å². The van der Waals surface area contributed by atoms with E-state index in [0.29, 0.717) is 24.9 Å². The van der Waals surface area contributed by atoms with Crippen LogP contribution >= 0.6 is 0 Å². The van der Waals surface area contributed by atoms with Crippen molar-refractivity contribution in [2.75, 3.05) is 6.54 Å². The van der Waals surface area contributed by atoms with Gasteiger partial charge in [0.05, 0.1) is 11.6 Å². The monoisotopic (exact) mass is 344 g/mol. The highest BCUT2D eigenvalue weighted by Crippen LogP contribution is 2.33. The van der Waals surface area contributed by atoms with Gasteiger partial charge in [0, 0.05) is 19.4 Å². The van der Waals surface area contributed by atoms with E-state index in [9.17, 15) is 22.8 Å². The van der Waals surface area contributed by atoms with Gasteiger partial charge in [0.15, 0.2) is 0 Å². The maximum absolute atomic E-state index is 12.8. The maximum atomic E-state index is 12.8. The minimum Gasteiger partial charge on any atom is -0.446 e. The van der Waals surface area contributed by atoms with E-state index in [4.69, 9.17) is 10.5 Å². The van der Waals surface area contributed by atoms with Crippen LogP contribution in [0.2, 0.25) is 0 Å². The zero-order valence-corrected chi connectivity index (χ0v) is 13.2. The van der Waals surface area contributed by atoms with E-state index in [2.05, 4.69) is 0 Å². The minimum absolute atomic E-state index is 0.126. The van der Waals surface area contributed by atoms with Crippen LogP contribution in [0.15, 0.2) is 24.3 Å². The van der Waals surface area contributed by atoms with Crippen molar-refractivity contribution >= 4 is 12.0 Å². The summed E-state index contributed by atoms with van der Waals surface area (Å²) in [5, 5.41) is 0. The van der Waals surface area contributed by atoms with Crippen molar-refractivity contribution in [2.45, 2.75) is 44.5 Å². The fourth-order valence-corrected chi connectivity index (χ4v) is 2.66. The molecule has 1 aliphatic heterocycles. The number of rotatable bonds is 5. The maximum Gasteiger partial charge on any atom is 0.416 e. The fourth-order valence-electron chi connectivity index (χ4n) is 2.66. The predicted octanol–water partition coefficient (Wildman–Crippen LogP) is 3.24. The first-order chi connectivity index (χ1) is 11.2. The molecule has 0 saturated carbocycles. The molecule has 0 spiro atoms. The van der Waals surface area contributed by atoms with Crippen LogP contribution in [0.4, 0.5) is 18.0 Å². The standard InChI is InChI=1S/C16H19F3N2O3/c1-10(11-3-2-4-12(9-11)16(17,18)19)21-8-7-13(24-15(21)23)5-6-14(20)22/h2-4,9-10,13H,5-8H2,1H3,(H2,20,22). The molecule has 1 aromatic rings. The third-order valence-corrected chi connectivity index (χ3v) is 4.07. The Morgan fingerprint density at radius 2 is 2.17 bits per heavy atom. The SMILES string of the molecule is CC(c1cccc(C(F)(F)F)c1)N1CCC(CCC(N)=O)OC1=O. The van der Waals surface area contributed by atoms with Crippen molar-refractivity contribution in [1.82, 2.24) is 4.90 Å². The molecule has 5 nitrogen and oxygen atoms in total. The summed E-state index contributed by atoms with van der Waals surface area (Å²) in [4.78, 5) is 24.3. The summed E-state index contributed by atoms with van der Waals surface area (Å²) in [5.41, 5.74) is 4.70. The lowest BCUT2D eigenvalue weighted by Gasteiger charge is -2.36. The molecule has 2 N–H and O–H groups in total. The van der Waals surface area contributed by atoms with Crippen LogP contribution in [0.1, 0.15) is 43.4 Å². The van der Waals surface area contributed by atoms with E-state index in [1.165, 1.54) is 11.0 Å². The number of halogens is 3. The van der Waals surface area contributed by atoms with Gasteiger partial charge in [-0.2, -0.15) is 13.2 Å². The summed E-state index contributed by atoms with van der Waals surface area (Å²) in [6, 6.07) is 4.35. The first-order valence-corrected chi connectivity index (χ1v) is 7.61. The Morgan fingerprint density at radius 3 is 2.75 bits per heavy atom. The molecule has 1 aliphatic rings. The van der Waals surface area contributed by atoms with Crippen molar-refractivity contribution in [3.63, 3.8) is 0 Å². The number of cyclic esters (lactones) is 1. The lowest BCUT2D eigenvalue weighted by Crippen LogP contribution is -2.43. The lowest BCUT2D eigenvalue weighted by molar-refractivity contribution is -0.137. The van der Waals surface area contributed by atoms with Crippen LogP contribution in [0, 0.1) is 0 Å². The summed E-state index contributed by atoms with van der Waals surface area (Å²) in [7, 11) is 0. The van der Waals surface area contributed by atoms with Crippen LogP contribution in [0.25, 0.3) is 0 Å². The van der Waals surface area contributed by atoms with Crippen LogP contribution in [0.5, 0.6) is 0 Å². The molecule has 2 amide bonds. The molecule has 2 atom stereocenters. The number of ether oxygens (including phenoxy) is 1. The van der Waals surface area contributed by atoms with Crippen molar-refractivity contribution in [3.05, 3.63) is 35.4 Å². The fraction of sp³-hybridized carbons (Fsp3) is 0.500. The second kappa shape index (κ2) is 7.11. The topological polar surface area (TPSA) is 72.6 Å². The number of nitrogens with two attached hydrogens (primary N) is 1. The second-order valence-corrected chi connectivity index (χ2v) is 5.79. The third-order valence-electron chi connectivity index (χ3n) is 4.07. The molecule has 1 fully saturated rings. The van der Waals surface area contributed by atoms with Gasteiger partial charge in [0.2, 0.25) is 5.91 Å². The number of carbonyl (C=O) groups excluding carboxylic acids is 2. The Kier molecular flexibility index (Phi) is 5.36. The van der Waals surface area contributed by atoms with Crippen LogP contribution in [0.3, 0.4) is 0 Å². The number of benzene rings is 1. The van der Waals surface area contributed by atoms with Gasteiger partial charge in [-0.25, -0.2) is 4.79 Å². The highest BCUT2D eigenvalue weighted by molar-refractivity contribution is 5.74. The van der Waals surface area contributed by atoms with Gasteiger partial charge in [-0.3, -0.25) is 4.79 Å². The van der Waals surface area contributed by atoms with Gasteiger partial charge < -0.3 is 15.4 Å². The molecular weight excluding hydrogens is 325 g/mol. The number of hydrogen-bond acceptors (Lipinski definition) is 3. The van der Waals surface area contributed by atoms with E-state index in [1.54, 1.807) is 13.0 Å². The van der Waals surface area contributed by atoms with Gasteiger partial charge in [-0.1, -0.05) is 12.1 Å². The second-order valence-electron chi connectivity index (χ2n) is 5.79. The average molecular weight is 344 g/mol. The van der Waals surface area contributed by atoms with E-state index in [-0.39, 0.29) is 6.42 Å². The zero-order chi connectivity index (χ0) is 17.9. The first kappa shape index (κ1) is 18.1. The zero-order valence-electron chi connectivity index (χ0n) is 13.2. The first-order valence-electron chi connectivity index (χ1n) is 7.61. The molecule has 0 aliphatic carbocycles. The summed E-state index contributed by atoms with van der Waals surface area (Å²) in [5.74, 6) is -0.467. The molecule has 8 heteroatoms. The van der Waals surface area contributed by atoms with Crippen LogP contribution < -0.4 is 5.73 Å². The number of hydrogen-bond donors (Lipinski definition) is 1. The highest BCUT2D eigenvalue weighted by atomic mass is 19.4. The summed E-state index contributed by atoms with van der Waals surface area (Å²) in [6.07, 6.45) is -4.44. The van der Waals surface area contributed by atoms with Crippen LogP contribution in [-0.2, 0) is 15.7 Å². The molecule has 132 valence electrons. The Bertz CT molecular complexity index is 619. The van der Waals surface area contributed by atoms with Crippen molar-refractivity contribution < 1.29 is 27.5 Å². The summed E-state index contributed by atoms with van der Waals surface area (Å²) in [6.45, 7) is 2.00. The molecule has 0 aromatic heterocycles. The van der Waals surface area contributed by atoms with Gasteiger partial charge in [0.25, 0.3) is 0 Å². The molecule has 2 rings (SSSR count). The lowest BCUT2D eigenvalue weighted by atomic mass is 10.0. The summed E-state index contributed by atoms with van der Waals surface area (Å²) >= 11 is 0. The molecule has 2 unspecified atom stereocenters. The molecule has 0 bridgehead atoms. The van der Waals surface area contributed by atoms with Gasteiger partial charge in [-0.15, -0.1) is 0 Å². The third kappa shape index (κ3) is 4.39. The minimum atomic E-state index is -4.43. The molecule has 1 aromatic carbocycles. The van der Waals surface area contributed by atoms with Gasteiger partial charge in [0.1, 0.15) is 6.10 Å². The Hall–Kier alpha value is -2.25. The van der Waals surface area contributed by atoms with Crippen molar-refractivity contribution in [2.24, 2.45) is 5.73 Å². The Balaban J connectivity index is 2.05. The van der Waals surface area contributed by atoms with E-state index in [1.807, 2.05) is 0 Å². The number of alkyl halides is 3. The quantitative estimate of drug-likeness (QED) is 0.891. The molecule has 0 radical (unpaired) electrons. The average Bonchev–Trinajstić information content (AvgIpc) is 2.51. The van der Waals surface area contributed by atoms with Crippen molar-refractivity contribution in [3.8, 4) is 0 Å². The largest absolute Gasteiger partial charge is 0.446 e. The smallest absolute Gasteiger partial charge is 0.416 e. The molecule has 1 heterocycles. The van der Waals surface area contributed by atoms with Crippen LogP contribution in [-0.4, -0.2) is 29.5 Å². The number of nitrogens with zero attached hydrogens (tertiary/aromatic N) is 1. The molecular formula is C16H19F3N2O3. The predicted molar refractivity (Wildman–Crippen MR) is 79.9 cm³/mol. The Labute approximate surface area is 137 Å².